The number of halogens is 1. The summed E-state index contributed by atoms with van der Waals surface area (Å²) < 4.78 is 6.99. The average Bonchev–Trinajstić information content (AvgIpc) is 2.79. The zero-order valence-corrected chi connectivity index (χ0v) is 13.0. The third kappa shape index (κ3) is 2.80. The van der Waals surface area contributed by atoms with Crippen LogP contribution in [0.15, 0.2) is 36.5 Å². The highest BCUT2D eigenvalue weighted by Gasteiger charge is 2.13. The molecule has 112 valence electrons. The number of hydrogen-bond donors (Lipinski definition) is 0. The number of hydrogen-bond acceptors (Lipinski definition) is 4. The van der Waals surface area contributed by atoms with E-state index in [1.807, 2.05) is 26.1 Å². The van der Waals surface area contributed by atoms with Crippen molar-refractivity contribution < 1.29 is 9.53 Å². The van der Waals surface area contributed by atoms with E-state index in [0.29, 0.717) is 10.6 Å². The molecule has 0 saturated heterocycles. The van der Waals surface area contributed by atoms with Gasteiger partial charge in [-0.15, -0.1) is 0 Å². The molecule has 3 rings (SSSR count). The molecule has 0 spiro atoms. The quantitative estimate of drug-likeness (QED) is 0.696. The zero-order chi connectivity index (χ0) is 15.7. The average molecular weight is 316 g/mol. The molecule has 0 radical (unpaired) electrons. The van der Waals surface area contributed by atoms with Gasteiger partial charge in [0.15, 0.2) is 5.65 Å². The number of nitrogens with zero attached hydrogens (tertiary/aromatic N) is 3. The highest BCUT2D eigenvalue weighted by molar-refractivity contribution is 6.30. The second-order valence-corrected chi connectivity index (χ2v) is 5.45. The largest absolute Gasteiger partial charge is 0.457 e. The van der Waals surface area contributed by atoms with Gasteiger partial charge in [0.05, 0.1) is 11.3 Å². The van der Waals surface area contributed by atoms with Gasteiger partial charge in [0.1, 0.15) is 6.61 Å². The van der Waals surface area contributed by atoms with E-state index < -0.39 is 5.97 Å². The first-order valence-electron chi connectivity index (χ1n) is 6.75. The minimum atomic E-state index is -0.419. The molecule has 0 fully saturated rings. The number of carbonyl (C=O) groups is 1. The lowest BCUT2D eigenvalue weighted by Crippen LogP contribution is -2.06. The Kier molecular flexibility index (Phi) is 3.81. The summed E-state index contributed by atoms with van der Waals surface area (Å²) in [6.45, 7) is 2.05. The lowest BCUT2D eigenvalue weighted by Gasteiger charge is -2.05. The van der Waals surface area contributed by atoms with E-state index in [9.17, 15) is 4.79 Å². The number of pyridine rings is 1. The van der Waals surface area contributed by atoms with Gasteiger partial charge in [0.25, 0.3) is 0 Å². The van der Waals surface area contributed by atoms with Gasteiger partial charge in [0.2, 0.25) is 0 Å². The summed E-state index contributed by atoms with van der Waals surface area (Å²) in [5.74, 6) is -0.419. The van der Waals surface area contributed by atoms with Crippen LogP contribution in [0.3, 0.4) is 0 Å². The Morgan fingerprint density at radius 3 is 2.95 bits per heavy atom. The second kappa shape index (κ2) is 5.77. The topological polar surface area (TPSA) is 57.0 Å². The molecule has 6 heteroatoms. The standard InChI is InChI=1S/C16H14ClN3O2/c1-10-14-7-12(8-18-15(14)20(2)19-10)16(21)22-9-11-4-3-5-13(17)6-11/h3-8H,9H2,1-2H3. The highest BCUT2D eigenvalue weighted by atomic mass is 35.5. The summed E-state index contributed by atoms with van der Waals surface area (Å²) in [6.07, 6.45) is 1.50. The molecular formula is C16H14ClN3O2. The van der Waals surface area contributed by atoms with Crippen molar-refractivity contribution in [3.8, 4) is 0 Å². The molecule has 0 N–H and O–H groups in total. The molecule has 2 aromatic heterocycles. The van der Waals surface area contributed by atoms with Crippen molar-refractivity contribution in [2.24, 2.45) is 7.05 Å². The van der Waals surface area contributed by atoms with Crippen LogP contribution < -0.4 is 0 Å². The Morgan fingerprint density at radius 1 is 1.36 bits per heavy atom. The van der Waals surface area contributed by atoms with Crippen LogP contribution in [0, 0.1) is 6.92 Å². The van der Waals surface area contributed by atoms with Crippen molar-refractivity contribution in [1.82, 2.24) is 14.8 Å². The number of esters is 1. The van der Waals surface area contributed by atoms with Crippen molar-refractivity contribution >= 4 is 28.6 Å². The van der Waals surface area contributed by atoms with Crippen LogP contribution in [0.5, 0.6) is 0 Å². The predicted octanol–water partition coefficient (Wildman–Crippen LogP) is 3.29. The minimum Gasteiger partial charge on any atom is -0.457 e. The molecule has 0 amide bonds. The Labute approximate surface area is 132 Å². The van der Waals surface area contributed by atoms with Crippen molar-refractivity contribution in [1.29, 1.82) is 0 Å². The Balaban J connectivity index is 1.79. The molecule has 0 unspecified atom stereocenters. The molecule has 22 heavy (non-hydrogen) atoms. The van der Waals surface area contributed by atoms with Crippen LogP contribution in [-0.4, -0.2) is 20.7 Å². The van der Waals surface area contributed by atoms with Gasteiger partial charge >= 0.3 is 5.97 Å². The van der Waals surface area contributed by atoms with Crippen LogP contribution in [0.1, 0.15) is 21.6 Å². The van der Waals surface area contributed by atoms with Crippen LogP contribution in [0.2, 0.25) is 5.02 Å². The van der Waals surface area contributed by atoms with E-state index in [1.165, 1.54) is 6.20 Å². The van der Waals surface area contributed by atoms with Crippen LogP contribution in [-0.2, 0) is 18.4 Å². The van der Waals surface area contributed by atoms with Gasteiger partial charge in [-0.25, -0.2) is 9.78 Å². The normalized spacial score (nSPS) is 10.9. The number of aromatic nitrogens is 3. The molecular weight excluding hydrogens is 302 g/mol. The Hall–Kier alpha value is -2.40. The fraction of sp³-hybridized carbons (Fsp3) is 0.188. The smallest absolute Gasteiger partial charge is 0.340 e. The van der Waals surface area contributed by atoms with Crippen LogP contribution in [0.4, 0.5) is 0 Å². The lowest BCUT2D eigenvalue weighted by atomic mass is 10.2. The molecule has 2 heterocycles. The number of rotatable bonds is 3. The number of carbonyl (C=O) groups excluding carboxylic acids is 1. The summed E-state index contributed by atoms with van der Waals surface area (Å²) in [4.78, 5) is 16.4. The number of ether oxygens (including phenoxy) is 1. The second-order valence-electron chi connectivity index (χ2n) is 5.01. The van der Waals surface area contributed by atoms with Crippen LogP contribution in [0.25, 0.3) is 11.0 Å². The van der Waals surface area contributed by atoms with Gasteiger partial charge < -0.3 is 4.74 Å². The van der Waals surface area contributed by atoms with Crippen molar-refractivity contribution in [3.05, 3.63) is 58.4 Å². The Bertz CT molecular complexity index is 858. The molecule has 3 aromatic rings. The van der Waals surface area contributed by atoms with Crippen molar-refractivity contribution in [3.63, 3.8) is 0 Å². The van der Waals surface area contributed by atoms with E-state index in [2.05, 4.69) is 10.1 Å². The lowest BCUT2D eigenvalue weighted by molar-refractivity contribution is 0.0472. The van der Waals surface area contributed by atoms with E-state index in [0.717, 1.165) is 22.3 Å². The molecule has 0 atom stereocenters. The highest BCUT2D eigenvalue weighted by Crippen LogP contribution is 2.18. The molecule has 0 aliphatic heterocycles. The molecule has 1 aromatic carbocycles. The van der Waals surface area contributed by atoms with Gasteiger partial charge in [-0.3, -0.25) is 4.68 Å². The molecule has 5 nitrogen and oxygen atoms in total. The first kappa shape index (κ1) is 14.5. The Morgan fingerprint density at radius 2 is 2.18 bits per heavy atom. The molecule has 0 aliphatic carbocycles. The van der Waals surface area contributed by atoms with Gasteiger partial charge in [-0.2, -0.15) is 5.10 Å². The summed E-state index contributed by atoms with van der Waals surface area (Å²) in [5, 5.41) is 5.74. The summed E-state index contributed by atoms with van der Waals surface area (Å²) in [7, 11) is 1.82. The summed E-state index contributed by atoms with van der Waals surface area (Å²) in [5.41, 5.74) is 2.82. The van der Waals surface area contributed by atoms with E-state index in [4.69, 9.17) is 16.3 Å². The maximum Gasteiger partial charge on any atom is 0.340 e. The zero-order valence-electron chi connectivity index (χ0n) is 12.2. The third-order valence-corrected chi connectivity index (χ3v) is 3.59. The maximum atomic E-state index is 12.1. The first-order chi connectivity index (χ1) is 10.5. The molecule has 0 saturated carbocycles. The van der Waals surface area contributed by atoms with E-state index >= 15 is 0 Å². The number of fused-ring (bicyclic) bond motifs is 1. The number of aryl methyl sites for hydroxylation is 2. The molecule has 0 aliphatic rings. The SMILES string of the molecule is Cc1nn(C)c2ncc(C(=O)OCc3cccc(Cl)c3)cc12. The predicted molar refractivity (Wildman–Crippen MR) is 83.8 cm³/mol. The van der Waals surface area contributed by atoms with Crippen molar-refractivity contribution in [2.75, 3.05) is 0 Å². The molecule has 0 bridgehead atoms. The van der Waals surface area contributed by atoms with E-state index in [-0.39, 0.29) is 6.61 Å². The first-order valence-corrected chi connectivity index (χ1v) is 7.13. The maximum absolute atomic E-state index is 12.1. The van der Waals surface area contributed by atoms with Crippen LogP contribution >= 0.6 is 11.6 Å². The number of benzene rings is 1. The van der Waals surface area contributed by atoms with Gasteiger partial charge in [-0.1, -0.05) is 23.7 Å². The summed E-state index contributed by atoms with van der Waals surface area (Å²) >= 11 is 5.90. The van der Waals surface area contributed by atoms with Gasteiger partial charge in [0, 0.05) is 23.7 Å². The fourth-order valence-electron chi connectivity index (χ4n) is 2.28. The van der Waals surface area contributed by atoms with E-state index in [1.54, 1.807) is 22.9 Å². The fourth-order valence-corrected chi connectivity index (χ4v) is 2.49. The van der Waals surface area contributed by atoms with Crippen molar-refractivity contribution in [2.45, 2.75) is 13.5 Å². The van der Waals surface area contributed by atoms with Gasteiger partial charge in [-0.05, 0) is 30.7 Å². The summed E-state index contributed by atoms with van der Waals surface area (Å²) in [6, 6.07) is 8.96. The monoisotopic (exact) mass is 315 g/mol. The third-order valence-electron chi connectivity index (χ3n) is 3.36. The minimum absolute atomic E-state index is 0.170.